The van der Waals surface area contributed by atoms with Crippen LogP contribution < -0.4 is 15.4 Å². The summed E-state index contributed by atoms with van der Waals surface area (Å²) in [6.07, 6.45) is 0. The van der Waals surface area contributed by atoms with Crippen LogP contribution in [-0.2, 0) is 6.54 Å². The number of urea groups is 1. The number of hydrogen-bond donors (Lipinski definition) is 2. The molecule has 0 unspecified atom stereocenters. The van der Waals surface area contributed by atoms with Gasteiger partial charge >= 0.3 is 6.03 Å². The van der Waals surface area contributed by atoms with E-state index in [-0.39, 0.29) is 6.03 Å². The van der Waals surface area contributed by atoms with Crippen LogP contribution in [0.4, 0.5) is 4.79 Å². The molecule has 0 radical (unpaired) electrons. The Morgan fingerprint density at radius 2 is 2.05 bits per heavy atom. The van der Waals surface area contributed by atoms with Crippen LogP contribution in [0.25, 0.3) is 0 Å². The highest BCUT2D eigenvalue weighted by atomic mass is 32.1. The maximum absolute atomic E-state index is 11.5. The van der Waals surface area contributed by atoms with Crippen LogP contribution in [0.2, 0.25) is 0 Å². The van der Waals surface area contributed by atoms with Crippen LogP contribution in [-0.4, -0.2) is 19.2 Å². The van der Waals surface area contributed by atoms with Crippen LogP contribution in [0.5, 0.6) is 5.75 Å². The zero-order valence-electron chi connectivity index (χ0n) is 11.4. The number of aryl methyl sites for hydroxylation is 1. The summed E-state index contributed by atoms with van der Waals surface area (Å²) < 4.78 is 5.60. The zero-order valence-corrected chi connectivity index (χ0v) is 12.2. The fourth-order valence-electron chi connectivity index (χ4n) is 1.69. The number of rotatable bonds is 6. The first kappa shape index (κ1) is 14.4. The van der Waals surface area contributed by atoms with E-state index in [1.54, 1.807) is 11.3 Å². The molecule has 1 aromatic heterocycles. The van der Waals surface area contributed by atoms with Crippen molar-refractivity contribution in [3.05, 3.63) is 52.2 Å². The molecule has 20 heavy (non-hydrogen) atoms. The summed E-state index contributed by atoms with van der Waals surface area (Å²) >= 11 is 1.62. The Morgan fingerprint density at radius 3 is 2.80 bits per heavy atom. The lowest BCUT2D eigenvalue weighted by molar-refractivity contribution is 0.236. The Kier molecular flexibility index (Phi) is 5.43. The molecule has 2 rings (SSSR count). The normalized spacial score (nSPS) is 10.1. The summed E-state index contributed by atoms with van der Waals surface area (Å²) in [6.45, 7) is 3.49. The molecule has 2 N–H and O–H groups in total. The molecule has 0 atom stereocenters. The Bertz CT molecular complexity index is 541. The molecule has 106 valence electrons. The largest absolute Gasteiger partial charge is 0.491 e. The molecule has 0 aliphatic rings. The van der Waals surface area contributed by atoms with Gasteiger partial charge in [0.15, 0.2) is 0 Å². The highest BCUT2D eigenvalue weighted by Gasteiger charge is 2.01. The smallest absolute Gasteiger partial charge is 0.315 e. The van der Waals surface area contributed by atoms with Crippen LogP contribution >= 0.6 is 11.3 Å². The number of carbonyl (C=O) groups excluding carboxylic acids is 1. The van der Waals surface area contributed by atoms with E-state index in [1.807, 2.05) is 48.7 Å². The van der Waals surface area contributed by atoms with E-state index < -0.39 is 0 Å². The van der Waals surface area contributed by atoms with Gasteiger partial charge in [-0.25, -0.2) is 4.79 Å². The van der Waals surface area contributed by atoms with E-state index >= 15 is 0 Å². The van der Waals surface area contributed by atoms with Gasteiger partial charge in [0, 0.05) is 4.88 Å². The third-order valence-corrected chi connectivity index (χ3v) is 3.62. The summed E-state index contributed by atoms with van der Waals surface area (Å²) in [5, 5.41) is 7.56. The summed E-state index contributed by atoms with van der Waals surface area (Å²) in [5.74, 6) is 0.855. The molecule has 2 aromatic rings. The zero-order chi connectivity index (χ0) is 14.2. The molecule has 0 bridgehead atoms. The number of carbonyl (C=O) groups is 1. The van der Waals surface area contributed by atoms with Crippen molar-refractivity contribution >= 4 is 17.4 Å². The van der Waals surface area contributed by atoms with Gasteiger partial charge in [-0.2, -0.15) is 0 Å². The maximum Gasteiger partial charge on any atom is 0.315 e. The number of hydrogen-bond acceptors (Lipinski definition) is 3. The van der Waals surface area contributed by atoms with E-state index in [2.05, 4.69) is 10.6 Å². The molecular formula is C15H18N2O2S. The molecule has 0 saturated heterocycles. The Morgan fingerprint density at radius 1 is 1.20 bits per heavy atom. The topological polar surface area (TPSA) is 50.4 Å². The molecule has 2 amide bonds. The second-order valence-electron chi connectivity index (χ2n) is 4.30. The summed E-state index contributed by atoms with van der Waals surface area (Å²) in [4.78, 5) is 12.7. The first-order valence-electron chi connectivity index (χ1n) is 6.48. The lowest BCUT2D eigenvalue weighted by Crippen LogP contribution is -2.37. The maximum atomic E-state index is 11.5. The van der Waals surface area contributed by atoms with Crippen molar-refractivity contribution in [1.82, 2.24) is 10.6 Å². The second-order valence-corrected chi connectivity index (χ2v) is 5.34. The number of amides is 2. The minimum Gasteiger partial charge on any atom is -0.491 e. The van der Waals surface area contributed by atoms with Crippen LogP contribution in [0, 0.1) is 6.92 Å². The molecule has 0 aliphatic heterocycles. The van der Waals surface area contributed by atoms with Crippen LogP contribution in [0.3, 0.4) is 0 Å². The first-order chi connectivity index (χ1) is 9.75. The van der Waals surface area contributed by atoms with Gasteiger partial charge < -0.3 is 15.4 Å². The van der Waals surface area contributed by atoms with Gasteiger partial charge in [0.25, 0.3) is 0 Å². The number of para-hydroxylation sites is 1. The third-order valence-electron chi connectivity index (χ3n) is 2.74. The molecule has 1 aromatic carbocycles. The molecule has 4 nitrogen and oxygen atoms in total. The minimum absolute atomic E-state index is 0.174. The predicted octanol–water partition coefficient (Wildman–Crippen LogP) is 2.93. The van der Waals surface area contributed by atoms with Gasteiger partial charge in [-0.1, -0.05) is 24.3 Å². The highest BCUT2D eigenvalue weighted by Crippen LogP contribution is 2.15. The Labute approximate surface area is 122 Å². The molecule has 0 saturated carbocycles. The summed E-state index contributed by atoms with van der Waals surface area (Å²) in [5.41, 5.74) is 1.09. The lowest BCUT2D eigenvalue weighted by atomic mass is 10.2. The average Bonchev–Trinajstić information content (AvgIpc) is 2.96. The average molecular weight is 290 g/mol. The van der Waals surface area contributed by atoms with Crippen molar-refractivity contribution in [2.45, 2.75) is 13.5 Å². The molecule has 1 heterocycles. The van der Waals surface area contributed by atoms with Gasteiger partial charge in [0.1, 0.15) is 12.4 Å². The van der Waals surface area contributed by atoms with Crippen molar-refractivity contribution in [1.29, 1.82) is 0 Å². The minimum atomic E-state index is -0.174. The lowest BCUT2D eigenvalue weighted by Gasteiger charge is -2.10. The van der Waals surface area contributed by atoms with Crippen molar-refractivity contribution in [2.75, 3.05) is 13.2 Å². The number of nitrogens with one attached hydrogen (secondary N) is 2. The standard InChI is InChI=1S/C15H18N2O2S/c1-12-5-2-3-7-14(12)19-9-8-16-15(18)17-11-13-6-4-10-20-13/h2-7,10H,8-9,11H2,1H3,(H2,16,17,18). The van der Waals surface area contributed by atoms with Crippen molar-refractivity contribution in [3.63, 3.8) is 0 Å². The molecular weight excluding hydrogens is 272 g/mol. The van der Waals surface area contributed by atoms with Gasteiger partial charge in [0.05, 0.1) is 13.1 Å². The van der Waals surface area contributed by atoms with Crippen LogP contribution in [0.15, 0.2) is 41.8 Å². The van der Waals surface area contributed by atoms with Crippen LogP contribution in [0.1, 0.15) is 10.4 Å². The van der Waals surface area contributed by atoms with E-state index in [1.165, 1.54) is 0 Å². The van der Waals surface area contributed by atoms with Gasteiger partial charge in [-0.15, -0.1) is 11.3 Å². The van der Waals surface area contributed by atoms with E-state index in [4.69, 9.17) is 4.74 Å². The van der Waals surface area contributed by atoms with Gasteiger partial charge in [-0.05, 0) is 30.0 Å². The number of ether oxygens (including phenoxy) is 1. The predicted molar refractivity (Wildman–Crippen MR) is 81.2 cm³/mol. The molecule has 0 spiro atoms. The van der Waals surface area contributed by atoms with Gasteiger partial charge in [-0.3, -0.25) is 0 Å². The quantitative estimate of drug-likeness (QED) is 0.804. The first-order valence-corrected chi connectivity index (χ1v) is 7.36. The fraction of sp³-hybridized carbons (Fsp3) is 0.267. The second kappa shape index (κ2) is 7.55. The summed E-state index contributed by atoms with van der Waals surface area (Å²) in [7, 11) is 0. The van der Waals surface area contributed by atoms with E-state index in [9.17, 15) is 4.79 Å². The number of thiophene rings is 1. The fourth-order valence-corrected chi connectivity index (χ4v) is 2.33. The Hall–Kier alpha value is -2.01. The highest BCUT2D eigenvalue weighted by molar-refractivity contribution is 7.09. The van der Waals surface area contributed by atoms with Gasteiger partial charge in [0.2, 0.25) is 0 Å². The van der Waals surface area contributed by atoms with Crippen molar-refractivity contribution < 1.29 is 9.53 Å². The van der Waals surface area contributed by atoms with E-state index in [0.29, 0.717) is 19.7 Å². The SMILES string of the molecule is Cc1ccccc1OCCNC(=O)NCc1cccs1. The molecule has 0 fully saturated rings. The van der Waals surface area contributed by atoms with Crippen molar-refractivity contribution in [3.8, 4) is 5.75 Å². The monoisotopic (exact) mass is 290 g/mol. The number of benzene rings is 1. The summed E-state index contributed by atoms with van der Waals surface area (Å²) in [6, 6.07) is 11.6. The van der Waals surface area contributed by atoms with E-state index in [0.717, 1.165) is 16.2 Å². The molecule has 0 aliphatic carbocycles. The van der Waals surface area contributed by atoms with Crippen molar-refractivity contribution in [2.24, 2.45) is 0 Å². The third kappa shape index (κ3) is 4.59. The molecule has 5 heteroatoms. The Balaban J connectivity index is 1.61.